The topological polar surface area (TPSA) is 52.3 Å². The Labute approximate surface area is 119 Å². The van der Waals surface area contributed by atoms with Crippen LogP contribution in [0.2, 0.25) is 0 Å². The first-order chi connectivity index (χ1) is 9.49. The monoisotopic (exact) mass is 269 g/mol. The zero-order chi connectivity index (χ0) is 14.7. The van der Waals surface area contributed by atoms with E-state index in [2.05, 4.69) is 0 Å². The first-order valence-electron chi connectivity index (χ1n) is 6.57. The summed E-state index contributed by atoms with van der Waals surface area (Å²) in [4.78, 5) is 11.5. The Balaban J connectivity index is 2.27. The zero-order valence-corrected chi connectivity index (χ0v) is 12.1. The summed E-state index contributed by atoms with van der Waals surface area (Å²) in [6.07, 6.45) is 0. The minimum Gasteiger partial charge on any atom is -0.489 e. The normalized spacial score (nSPS) is 10.3. The van der Waals surface area contributed by atoms with Crippen LogP contribution in [0.25, 0.3) is 0 Å². The van der Waals surface area contributed by atoms with Crippen molar-refractivity contribution in [3.8, 4) is 5.75 Å². The predicted molar refractivity (Wildman–Crippen MR) is 79.9 cm³/mol. The van der Waals surface area contributed by atoms with Gasteiger partial charge in [-0.15, -0.1) is 0 Å². The average Bonchev–Trinajstić information content (AvgIpc) is 2.40. The molecule has 3 nitrogen and oxygen atoms in total. The van der Waals surface area contributed by atoms with E-state index in [0.29, 0.717) is 12.2 Å². The summed E-state index contributed by atoms with van der Waals surface area (Å²) in [5.41, 5.74) is 10.0. The van der Waals surface area contributed by atoms with Gasteiger partial charge in [0.25, 0.3) is 0 Å². The van der Waals surface area contributed by atoms with Crippen molar-refractivity contribution in [3.63, 3.8) is 0 Å². The number of hydrogen-bond donors (Lipinski definition) is 1. The molecule has 2 rings (SSSR count). The fourth-order valence-corrected chi connectivity index (χ4v) is 2.14. The molecular weight excluding hydrogens is 250 g/mol. The van der Waals surface area contributed by atoms with Gasteiger partial charge in [-0.3, -0.25) is 4.79 Å². The van der Waals surface area contributed by atoms with Crippen molar-refractivity contribution >= 4 is 5.91 Å². The van der Waals surface area contributed by atoms with Gasteiger partial charge in [0.05, 0.1) is 0 Å². The molecule has 0 radical (unpaired) electrons. The molecule has 0 saturated heterocycles. The summed E-state index contributed by atoms with van der Waals surface area (Å²) in [6.45, 7) is 6.32. The third kappa shape index (κ3) is 2.99. The third-order valence-electron chi connectivity index (χ3n) is 3.39. The molecule has 0 bridgehead atoms. The second-order valence-corrected chi connectivity index (χ2v) is 5.02. The molecule has 2 aromatic carbocycles. The molecule has 0 heterocycles. The quantitative estimate of drug-likeness (QED) is 0.926. The van der Waals surface area contributed by atoms with E-state index >= 15 is 0 Å². The highest BCUT2D eigenvalue weighted by molar-refractivity contribution is 5.94. The molecule has 0 aromatic heterocycles. The van der Waals surface area contributed by atoms with Crippen molar-refractivity contribution in [2.24, 2.45) is 5.73 Å². The second kappa shape index (κ2) is 5.78. The number of primary amides is 1. The average molecular weight is 269 g/mol. The summed E-state index contributed by atoms with van der Waals surface area (Å²) in [6, 6.07) is 11.6. The molecule has 0 unspecified atom stereocenters. The minimum absolute atomic E-state index is 0.342. The Morgan fingerprint density at radius 1 is 1.10 bits per heavy atom. The number of ether oxygens (including phenoxy) is 1. The molecular formula is C17H19NO2. The molecule has 104 valence electrons. The maximum absolute atomic E-state index is 11.5. The molecule has 0 spiro atoms. The van der Waals surface area contributed by atoms with Gasteiger partial charge in [0.15, 0.2) is 0 Å². The highest BCUT2D eigenvalue weighted by Crippen LogP contribution is 2.22. The van der Waals surface area contributed by atoms with Gasteiger partial charge in [-0.1, -0.05) is 24.3 Å². The molecule has 1 amide bonds. The van der Waals surface area contributed by atoms with E-state index in [1.54, 1.807) is 6.07 Å². The van der Waals surface area contributed by atoms with E-state index in [1.807, 2.05) is 51.1 Å². The number of benzene rings is 2. The number of nitrogens with two attached hydrogens (primary N) is 1. The van der Waals surface area contributed by atoms with Crippen LogP contribution in [-0.2, 0) is 6.61 Å². The minimum atomic E-state index is -0.423. The van der Waals surface area contributed by atoms with Gasteiger partial charge in [-0.05, 0) is 49.6 Å². The molecule has 20 heavy (non-hydrogen) atoms. The van der Waals surface area contributed by atoms with Crippen LogP contribution in [0.1, 0.15) is 32.6 Å². The van der Waals surface area contributed by atoms with Crippen LogP contribution in [0.3, 0.4) is 0 Å². The lowest BCUT2D eigenvalue weighted by atomic mass is 10.0. The summed E-state index contributed by atoms with van der Waals surface area (Å²) >= 11 is 0. The smallest absolute Gasteiger partial charge is 0.249 e. The lowest BCUT2D eigenvalue weighted by Crippen LogP contribution is -2.15. The van der Waals surface area contributed by atoms with Crippen LogP contribution in [0.5, 0.6) is 5.75 Å². The Hall–Kier alpha value is -2.29. The van der Waals surface area contributed by atoms with Gasteiger partial charge in [0.1, 0.15) is 12.4 Å². The molecule has 2 N–H and O–H groups in total. The number of carbonyl (C=O) groups is 1. The Kier molecular flexibility index (Phi) is 4.08. The fourth-order valence-electron chi connectivity index (χ4n) is 2.14. The SMILES string of the molecule is Cc1ccc(C)c(OCc2c(C)cccc2C(N)=O)c1. The van der Waals surface area contributed by atoms with Crippen molar-refractivity contribution < 1.29 is 9.53 Å². The lowest BCUT2D eigenvalue weighted by molar-refractivity contribution is 0.0997. The van der Waals surface area contributed by atoms with Gasteiger partial charge >= 0.3 is 0 Å². The number of rotatable bonds is 4. The van der Waals surface area contributed by atoms with Crippen LogP contribution in [0, 0.1) is 20.8 Å². The standard InChI is InChI=1S/C17H19NO2/c1-11-7-8-13(3)16(9-11)20-10-15-12(2)5-4-6-14(15)17(18)19/h4-9H,10H2,1-3H3,(H2,18,19). The van der Waals surface area contributed by atoms with Gasteiger partial charge in [-0.25, -0.2) is 0 Å². The van der Waals surface area contributed by atoms with E-state index in [1.165, 1.54) is 0 Å². The molecule has 0 saturated carbocycles. The number of amides is 1. The lowest BCUT2D eigenvalue weighted by Gasteiger charge is -2.14. The molecule has 2 aromatic rings. The van der Waals surface area contributed by atoms with Crippen molar-refractivity contribution in [1.82, 2.24) is 0 Å². The second-order valence-electron chi connectivity index (χ2n) is 5.02. The van der Waals surface area contributed by atoms with E-state index in [-0.39, 0.29) is 0 Å². The van der Waals surface area contributed by atoms with E-state index in [9.17, 15) is 4.79 Å². The molecule has 0 fully saturated rings. The molecule has 0 atom stereocenters. The number of hydrogen-bond acceptors (Lipinski definition) is 2. The molecule has 0 aliphatic heterocycles. The summed E-state index contributed by atoms with van der Waals surface area (Å²) in [5.74, 6) is 0.414. The van der Waals surface area contributed by atoms with Crippen LogP contribution in [0.15, 0.2) is 36.4 Å². The summed E-state index contributed by atoms with van der Waals surface area (Å²) < 4.78 is 5.87. The maximum Gasteiger partial charge on any atom is 0.249 e. The maximum atomic E-state index is 11.5. The van der Waals surface area contributed by atoms with Gasteiger partial charge in [0, 0.05) is 11.1 Å². The van der Waals surface area contributed by atoms with E-state index < -0.39 is 5.91 Å². The van der Waals surface area contributed by atoms with E-state index in [4.69, 9.17) is 10.5 Å². The largest absolute Gasteiger partial charge is 0.489 e. The highest BCUT2D eigenvalue weighted by Gasteiger charge is 2.11. The van der Waals surface area contributed by atoms with Gasteiger partial charge in [0.2, 0.25) is 5.91 Å². The number of carbonyl (C=O) groups excluding carboxylic acids is 1. The van der Waals surface area contributed by atoms with Crippen molar-refractivity contribution in [3.05, 3.63) is 64.2 Å². The van der Waals surface area contributed by atoms with Crippen LogP contribution >= 0.6 is 0 Å². The predicted octanol–water partition coefficient (Wildman–Crippen LogP) is 3.29. The van der Waals surface area contributed by atoms with Crippen LogP contribution in [0.4, 0.5) is 0 Å². The van der Waals surface area contributed by atoms with Crippen LogP contribution < -0.4 is 10.5 Å². The van der Waals surface area contributed by atoms with Crippen LogP contribution in [-0.4, -0.2) is 5.91 Å². The number of aryl methyl sites for hydroxylation is 3. The highest BCUT2D eigenvalue weighted by atomic mass is 16.5. The Bertz CT molecular complexity index is 647. The van der Waals surface area contributed by atoms with Gasteiger partial charge in [-0.2, -0.15) is 0 Å². The molecule has 0 aliphatic rings. The van der Waals surface area contributed by atoms with E-state index in [0.717, 1.165) is 28.0 Å². The van der Waals surface area contributed by atoms with Gasteiger partial charge < -0.3 is 10.5 Å². The zero-order valence-electron chi connectivity index (χ0n) is 12.1. The Morgan fingerprint density at radius 2 is 1.85 bits per heavy atom. The molecule has 0 aliphatic carbocycles. The Morgan fingerprint density at radius 3 is 2.55 bits per heavy atom. The molecule has 3 heteroatoms. The first-order valence-corrected chi connectivity index (χ1v) is 6.57. The summed E-state index contributed by atoms with van der Waals surface area (Å²) in [7, 11) is 0. The first kappa shape index (κ1) is 14.1. The summed E-state index contributed by atoms with van der Waals surface area (Å²) in [5, 5.41) is 0. The third-order valence-corrected chi connectivity index (χ3v) is 3.39. The fraction of sp³-hybridized carbons (Fsp3) is 0.235. The van der Waals surface area contributed by atoms with Crippen molar-refractivity contribution in [2.75, 3.05) is 0 Å². The van der Waals surface area contributed by atoms with Crippen molar-refractivity contribution in [2.45, 2.75) is 27.4 Å². The van der Waals surface area contributed by atoms with Crippen molar-refractivity contribution in [1.29, 1.82) is 0 Å².